The van der Waals surface area contributed by atoms with Gasteiger partial charge in [-0.25, -0.2) is 0 Å². The first-order valence-corrected chi connectivity index (χ1v) is 13.9. The summed E-state index contributed by atoms with van der Waals surface area (Å²) in [7, 11) is 0. The van der Waals surface area contributed by atoms with Crippen molar-refractivity contribution in [2.75, 3.05) is 13.1 Å². The lowest BCUT2D eigenvalue weighted by molar-refractivity contribution is -0.164. The molecule has 3 heterocycles. The Balaban J connectivity index is 1.22. The van der Waals surface area contributed by atoms with E-state index in [0.717, 1.165) is 16.7 Å². The summed E-state index contributed by atoms with van der Waals surface area (Å²) >= 11 is 6.25. The second-order valence-electron chi connectivity index (χ2n) is 10.7. The largest absolute Gasteiger partial charge is 0.391 e. The van der Waals surface area contributed by atoms with E-state index in [0.29, 0.717) is 49.6 Å². The molecule has 2 aliphatic rings. The van der Waals surface area contributed by atoms with Crippen molar-refractivity contribution in [2.45, 2.75) is 38.0 Å². The lowest BCUT2D eigenvalue weighted by Gasteiger charge is -2.51. The molecule has 40 heavy (non-hydrogen) atoms. The average molecular weight is 556 g/mol. The van der Waals surface area contributed by atoms with Crippen LogP contribution < -0.4 is 0 Å². The molecule has 2 amide bonds. The van der Waals surface area contributed by atoms with Crippen molar-refractivity contribution in [2.24, 2.45) is 5.41 Å². The summed E-state index contributed by atoms with van der Waals surface area (Å²) in [6.07, 6.45) is 0.521. The van der Waals surface area contributed by atoms with Crippen LogP contribution in [0.3, 0.4) is 0 Å². The third kappa shape index (κ3) is 5.03. The Morgan fingerprint density at radius 2 is 1.68 bits per heavy atom. The van der Waals surface area contributed by atoms with E-state index in [4.69, 9.17) is 16.1 Å². The van der Waals surface area contributed by atoms with Crippen molar-refractivity contribution in [1.82, 2.24) is 15.0 Å². The van der Waals surface area contributed by atoms with Gasteiger partial charge in [0.05, 0.1) is 17.6 Å². The highest BCUT2D eigenvalue weighted by atomic mass is 35.5. The molecule has 8 heteroatoms. The number of aliphatic hydroxyl groups is 1. The maximum Gasteiger partial charge on any atom is 0.292 e. The van der Waals surface area contributed by atoms with Crippen LogP contribution in [0.1, 0.15) is 47.0 Å². The Morgan fingerprint density at radius 3 is 2.38 bits per heavy atom. The number of carbonyl (C=O) groups excluding carboxylic acids is 2. The normalized spacial score (nSPS) is 20.6. The quantitative estimate of drug-likeness (QED) is 0.339. The summed E-state index contributed by atoms with van der Waals surface area (Å²) in [4.78, 5) is 31.1. The van der Waals surface area contributed by atoms with Crippen LogP contribution in [0.2, 0.25) is 5.02 Å². The number of hydrogen-bond donors (Lipinski definition) is 1. The van der Waals surface area contributed by atoms with Crippen molar-refractivity contribution in [3.63, 3.8) is 0 Å². The minimum atomic E-state index is -0.753. The lowest BCUT2D eigenvalue weighted by atomic mass is 9.68. The van der Waals surface area contributed by atoms with Crippen LogP contribution in [0.5, 0.6) is 0 Å². The van der Waals surface area contributed by atoms with Crippen molar-refractivity contribution in [3.8, 4) is 11.3 Å². The van der Waals surface area contributed by atoms with E-state index in [2.05, 4.69) is 5.16 Å². The molecule has 0 unspecified atom stereocenters. The zero-order chi connectivity index (χ0) is 27.7. The van der Waals surface area contributed by atoms with Gasteiger partial charge in [-0.05, 0) is 42.5 Å². The number of aromatic nitrogens is 1. The molecule has 0 radical (unpaired) electrons. The summed E-state index contributed by atoms with van der Waals surface area (Å²) in [6.45, 7) is 1.11. The number of benzene rings is 3. The number of nitrogens with zero attached hydrogens (tertiary/aromatic N) is 3. The fourth-order valence-corrected chi connectivity index (χ4v) is 6.34. The molecule has 0 aliphatic carbocycles. The molecular weight excluding hydrogens is 526 g/mol. The molecule has 2 fully saturated rings. The van der Waals surface area contributed by atoms with Gasteiger partial charge in [-0.1, -0.05) is 89.6 Å². The smallest absolute Gasteiger partial charge is 0.292 e. The Labute approximate surface area is 238 Å². The summed E-state index contributed by atoms with van der Waals surface area (Å²) in [5.74, 6) is -0.0624. The Morgan fingerprint density at radius 1 is 0.975 bits per heavy atom. The Bertz CT molecular complexity index is 1500. The first-order chi connectivity index (χ1) is 19.4. The highest BCUT2D eigenvalue weighted by Gasteiger charge is 2.53. The first kappa shape index (κ1) is 26.3. The lowest BCUT2D eigenvalue weighted by Crippen LogP contribution is -2.58. The topological polar surface area (TPSA) is 86.9 Å². The minimum Gasteiger partial charge on any atom is -0.391 e. The van der Waals surface area contributed by atoms with Crippen LogP contribution in [0.15, 0.2) is 95.5 Å². The number of aliphatic hydroxyl groups excluding tert-OH is 1. The standard InChI is InChI=1S/C32H30ClN3O4/c33-25-13-7-8-22(18-25)21-36-29(24-11-5-2-6-12-24)27(37)20-32(31(36)39)14-16-35(17-15-32)30(38)28-19-26(34-40-28)23-9-3-1-4-10-23/h1-13,18-19,27,29,37H,14-17,20-21H2/t27-,29+/m1/s1. The van der Waals surface area contributed by atoms with Crippen LogP contribution in [0.25, 0.3) is 11.3 Å². The molecule has 3 aromatic carbocycles. The van der Waals surface area contributed by atoms with E-state index < -0.39 is 17.6 Å². The number of hydrogen-bond acceptors (Lipinski definition) is 5. The second kappa shape index (κ2) is 10.9. The molecule has 4 aromatic rings. The van der Waals surface area contributed by atoms with Gasteiger partial charge in [0.25, 0.3) is 5.91 Å². The maximum absolute atomic E-state index is 14.3. The van der Waals surface area contributed by atoms with Crippen LogP contribution in [0.4, 0.5) is 0 Å². The third-order valence-corrected chi connectivity index (χ3v) is 8.43. The molecule has 0 saturated carbocycles. The zero-order valence-corrected chi connectivity index (χ0v) is 22.7. The molecule has 2 saturated heterocycles. The van der Waals surface area contributed by atoms with Gasteiger partial charge in [0, 0.05) is 36.3 Å². The molecule has 1 aromatic heterocycles. The number of halogens is 1. The summed E-state index contributed by atoms with van der Waals surface area (Å²) in [5, 5.41) is 16.2. The van der Waals surface area contributed by atoms with Crippen LogP contribution in [0, 0.1) is 5.41 Å². The summed E-state index contributed by atoms with van der Waals surface area (Å²) in [6, 6.07) is 27.9. The molecule has 6 rings (SSSR count). The first-order valence-electron chi connectivity index (χ1n) is 13.5. The number of carbonyl (C=O) groups is 2. The zero-order valence-electron chi connectivity index (χ0n) is 21.9. The van der Waals surface area contributed by atoms with E-state index in [9.17, 15) is 14.7 Å². The van der Waals surface area contributed by atoms with Gasteiger partial charge < -0.3 is 19.4 Å². The molecule has 0 bridgehead atoms. The molecular formula is C32H30ClN3O4. The molecule has 2 atom stereocenters. The van der Waals surface area contributed by atoms with Crippen molar-refractivity contribution in [3.05, 3.63) is 113 Å². The van der Waals surface area contributed by atoms with E-state index >= 15 is 0 Å². The fourth-order valence-electron chi connectivity index (χ4n) is 6.13. The highest BCUT2D eigenvalue weighted by Crippen LogP contribution is 2.47. The van der Waals surface area contributed by atoms with Crippen molar-refractivity contribution < 1.29 is 19.2 Å². The minimum absolute atomic E-state index is 0.00440. The predicted molar refractivity (Wildman–Crippen MR) is 151 cm³/mol. The molecule has 1 spiro atoms. The van der Waals surface area contributed by atoms with Crippen LogP contribution in [-0.4, -0.2) is 51.1 Å². The summed E-state index contributed by atoms with van der Waals surface area (Å²) < 4.78 is 5.40. The van der Waals surface area contributed by atoms with E-state index in [1.165, 1.54) is 0 Å². The predicted octanol–water partition coefficient (Wildman–Crippen LogP) is 5.75. The van der Waals surface area contributed by atoms with Crippen LogP contribution >= 0.6 is 11.6 Å². The van der Waals surface area contributed by atoms with Gasteiger partial charge in [-0.3, -0.25) is 9.59 Å². The number of likely N-dealkylation sites (tertiary alicyclic amines) is 2. The molecule has 2 aliphatic heterocycles. The fraction of sp³-hybridized carbons (Fsp3) is 0.281. The van der Waals surface area contributed by atoms with Gasteiger partial charge in [0.1, 0.15) is 5.69 Å². The van der Waals surface area contributed by atoms with Gasteiger partial charge in [-0.15, -0.1) is 0 Å². The highest BCUT2D eigenvalue weighted by molar-refractivity contribution is 6.30. The van der Waals surface area contributed by atoms with Crippen molar-refractivity contribution in [1.29, 1.82) is 0 Å². The number of piperidine rings is 2. The average Bonchev–Trinajstić information content (AvgIpc) is 3.48. The molecule has 1 N–H and O–H groups in total. The molecule has 7 nitrogen and oxygen atoms in total. The van der Waals surface area contributed by atoms with Gasteiger partial charge in [-0.2, -0.15) is 0 Å². The van der Waals surface area contributed by atoms with E-state index in [-0.39, 0.29) is 17.6 Å². The summed E-state index contributed by atoms with van der Waals surface area (Å²) in [5.41, 5.74) is 2.52. The number of rotatable bonds is 5. The van der Waals surface area contributed by atoms with Gasteiger partial charge >= 0.3 is 0 Å². The van der Waals surface area contributed by atoms with Crippen molar-refractivity contribution >= 4 is 23.4 Å². The maximum atomic E-state index is 14.3. The number of amides is 2. The van der Waals surface area contributed by atoms with E-state index in [1.54, 1.807) is 21.9 Å². The van der Waals surface area contributed by atoms with Gasteiger partial charge in [0.2, 0.25) is 11.7 Å². The monoisotopic (exact) mass is 555 g/mol. The Hall–Kier alpha value is -3.94. The molecule has 204 valence electrons. The SMILES string of the molecule is O=C(c1cc(-c2ccccc2)no1)N1CCC2(CC1)C[C@@H](O)[C@H](c1ccccc1)N(Cc1cccc(Cl)c1)C2=O. The van der Waals surface area contributed by atoms with Gasteiger partial charge in [0.15, 0.2) is 0 Å². The second-order valence-corrected chi connectivity index (χ2v) is 11.1. The third-order valence-electron chi connectivity index (χ3n) is 8.20. The van der Waals surface area contributed by atoms with E-state index in [1.807, 2.05) is 78.9 Å². The van der Waals surface area contributed by atoms with Crippen LogP contribution in [-0.2, 0) is 11.3 Å². The Kier molecular flexibility index (Phi) is 7.17.